The van der Waals surface area contributed by atoms with E-state index in [1.807, 2.05) is 6.92 Å². The number of hydrogen-bond acceptors (Lipinski definition) is 5. The molecule has 0 bridgehead atoms. The average Bonchev–Trinajstić information content (AvgIpc) is 3.19. The van der Waals surface area contributed by atoms with E-state index in [0.717, 1.165) is 110 Å². The summed E-state index contributed by atoms with van der Waals surface area (Å²) < 4.78 is 11.7. The van der Waals surface area contributed by atoms with Crippen LogP contribution in [0.3, 0.4) is 0 Å². The van der Waals surface area contributed by atoms with E-state index in [1.165, 1.54) is 128 Å². The molecule has 0 aromatic heterocycles. The lowest BCUT2D eigenvalue weighted by molar-refractivity contribution is -0.150. The van der Waals surface area contributed by atoms with Crippen molar-refractivity contribution >= 4 is 11.9 Å². The Kier molecular flexibility index (Phi) is 46.6. The number of carbonyl (C=O) groups is 2. The van der Waals surface area contributed by atoms with Crippen molar-refractivity contribution in [2.45, 2.75) is 260 Å². The van der Waals surface area contributed by atoms with Gasteiger partial charge in [-0.15, -0.1) is 11.8 Å². The molecule has 0 heterocycles. The van der Waals surface area contributed by atoms with Crippen molar-refractivity contribution < 1.29 is 19.1 Å². The predicted molar refractivity (Wildman–Crippen MR) is 245 cm³/mol. The van der Waals surface area contributed by atoms with Crippen LogP contribution in [0.4, 0.5) is 0 Å². The van der Waals surface area contributed by atoms with Crippen LogP contribution in [-0.4, -0.2) is 49.7 Å². The Hall–Kier alpha value is -1.54. The summed E-state index contributed by atoms with van der Waals surface area (Å²) in [6, 6.07) is 0. The maximum atomic E-state index is 13.0. The summed E-state index contributed by atoms with van der Waals surface area (Å²) in [5.74, 6) is 6.60. The van der Waals surface area contributed by atoms with Gasteiger partial charge in [0, 0.05) is 6.42 Å². The van der Waals surface area contributed by atoms with E-state index in [-0.39, 0.29) is 31.2 Å². The second-order valence-corrected chi connectivity index (χ2v) is 16.7. The summed E-state index contributed by atoms with van der Waals surface area (Å²) in [7, 11) is 0. The molecule has 0 amide bonds. The lowest BCUT2D eigenvalue weighted by atomic mass is 9.94. The van der Waals surface area contributed by atoms with Gasteiger partial charge in [-0.3, -0.25) is 9.59 Å². The third kappa shape index (κ3) is 38.0. The topological polar surface area (TPSA) is 55.8 Å². The van der Waals surface area contributed by atoms with Gasteiger partial charge in [0.15, 0.2) is 0 Å². The van der Waals surface area contributed by atoms with Crippen LogP contribution in [0.25, 0.3) is 0 Å². The third-order valence-electron chi connectivity index (χ3n) is 11.5. The number of rotatable bonds is 43. The zero-order valence-corrected chi connectivity index (χ0v) is 37.8. The molecule has 5 heteroatoms. The van der Waals surface area contributed by atoms with E-state index < -0.39 is 0 Å². The van der Waals surface area contributed by atoms with Crippen LogP contribution in [0, 0.1) is 23.7 Å². The van der Waals surface area contributed by atoms with Crippen LogP contribution in [0.15, 0.2) is 0 Å². The van der Waals surface area contributed by atoms with Gasteiger partial charge in [0.1, 0.15) is 0 Å². The van der Waals surface area contributed by atoms with E-state index in [9.17, 15) is 9.59 Å². The molecule has 0 saturated heterocycles. The fourth-order valence-electron chi connectivity index (χ4n) is 7.75. The molecule has 0 saturated carbocycles. The second-order valence-electron chi connectivity index (χ2n) is 16.7. The first kappa shape index (κ1) is 56.6. The Labute approximate surface area is 351 Å². The first-order valence-electron chi connectivity index (χ1n) is 24.5. The molecular formula is C51H99NO4. The van der Waals surface area contributed by atoms with Crippen molar-refractivity contribution in [2.75, 3.05) is 32.8 Å². The highest BCUT2D eigenvalue weighted by atomic mass is 16.5. The van der Waals surface area contributed by atoms with Crippen LogP contribution in [-0.2, 0) is 19.1 Å². The Morgan fingerprint density at radius 3 is 1.11 bits per heavy atom. The highest BCUT2D eigenvalue weighted by Gasteiger charge is 2.20. The van der Waals surface area contributed by atoms with Crippen LogP contribution >= 0.6 is 0 Å². The Morgan fingerprint density at radius 1 is 0.429 bits per heavy atom. The second kappa shape index (κ2) is 46.2. The number of unbranched alkanes of at least 4 members (excludes halogenated alkanes) is 23. The SMILES string of the molecule is C.CC#CCCCN(CCCCCCOC(=O)C(CCCCCC)CCCCCCCC)CCCCCCOC(=O)C(CCCCCC)CCCCCCCC. The van der Waals surface area contributed by atoms with E-state index in [2.05, 4.69) is 44.4 Å². The Morgan fingerprint density at radius 2 is 0.732 bits per heavy atom. The largest absolute Gasteiger partial charge is 0.465 e. The molecule has 332 valence electrons. The minimum atomic E-state index is 0. The van der Waals surface area contributed by atoms with Crippen LogP contribution < -0.4 is 0 Å². The first-order valence-corrected chi connectivity index (χ1v) is 24.5. The van der Waals surface area contributed by atoms with E-state index in [4.69, 9.17) is 9.47 Å². The molecule has 2 atom stereocenters. The molecule has 0 spiro atoms. The fraction of sp³-hybridized carbons (Fsp3) is 0.922. The van der Waals surface area contributed by atoms with E-state index >= 15 is 0 Å². The lowest BCUT2D eigenvalue weighted by Gasteiger charge is -2.22. The van der Waals surface area contributed by atoms with Gasteiger partial charge in [-0.2, -0.15) is 0 Å². The molecule has 0 aliphatic rings. The lowest BCUT2D eigenvalue weighted by Crippen LogP contribution is -2.27. The fourth-order valence-corrected chi connectivity index (χ4v) is 7.75. The number of hydrogen-bond donors (Lipinski definition) is 0. The zero-order valence-electron chi connectivity index (χ0n) is 37.8. The third-order valence-corrected chi connectivity index (χ3v) is 11.5. The Balaban J connectivity index is 0. The maximum absolute atomic E-state index is 13.0. The predicted octanol–water partition coefficient (Wildman–Crippen LogP) is 15.6. The molecular weight excluding hydrogens is 691 g/mol. The molecule has 0 aromatic carbocycles. The summed E-state index contributed by atoms with van der Waals surface area (Å²) in [4.78, 5) is 28.6. The summed E-state index contributed by atoms with van der Waals surface area (Å²) in [6.07, 6.45) is 40.1. The van der Waals surface area contributed by atoms with E-state index in [1.54, 1.807) is 0 Å². The van der Waals surface area contributed by atoms with E-state index in [0.29, 0.717) is 13.2 Å². The molecule has 0 aliphatic carbocycles. The van der Waals surface area contributed by atoms with Gasteiger partial charge < -0.3 is 14.4 Å². The quantitative estimate of drug-likeness (QED) is 0.0350. The van der Waals surface area contributed by atoms with Crippen molar-refractivity contribution in [3.05, 3.63) is 0 Å². The van der Waals surface area contributed by atoms with Gasteiger partial charge >= 0.3 is 11.9 Å². The molecule has 0 aliphatic heterocycles. The minimum Gasteiger partial charge on any atom is -0.465 e. The van der Waals surface area contributed by atoms with Crippen molar-refractivity contribution in [1.82, 2.24) is 4.90 Å². The van der Waals surface area contributed by atoms with Gasteiger partial charge in [-0.25, -0.2) is 0 Å². The van der Waals surface area contributed by atoms with Gasteiger partial charge in [-0.1, -0.05) is 189 Å². The van der Waals surface area contributed by atoms with Crippen molar-refractivity contribution in [3.63, 3.8) is 0 Å². The summed E-state index contributed by atoms with van der Waals surface area (Å²) in [6.45, 7) is 15.5. The molecule has 2 unspecified atom stereocenters. The first-order chi connectivity index (χ1) is 27.0. The summed E-state index contributed by atoms with van der Waals surface area (Å²) in [5.41, 5.74) is 0. The molecule has 0 radical (unpaired) electrons. The van der Waals surface area contributed by atoms with Crippen molar-refractivity contribution in [1.29, 1.82) is 0 Å². The van der Waals surface area contributed by atoms with Crippen molar-refractivity contribution in [3.8, 4) is 11.8 Å². The average molecular weight is 790 g/mol. The minimum absolute atomic E-state index is 0. The highest BCUT2D eigenvalue weighted by Crippen LogP contribution is 2.22. The normalized spacial score (nSPS) is 12.2. The number of esters is 2. The van der Waals surface area contributed by atoms with Crippen LogP contribution in [0.5, 0.6) is 0 Å². The molecule has 56 heavy (non-hydrogen) atoms. The molecule has 0 fully saturated rings. The molecule has 5 nitrogen and oxygen atoms in total. The van der Waals surface area contributed by atoms with Crippen LogP contribution in [0.1, 0.15) is 260 Å². The smallest absolute Gasteiger partial charge is 0.308 e. The molecule has 0 N–H and O–H groups in total. The van der Waals surface area contributed by atoms with Gasteiger partial charge in [0.2, 0.25) is 0 Å². The van der Waals surface area contributed by atoms with Crippen LogP contribution in [0.2, 0.25) is 0 Å². The van der Waals surface area contributed by atoms with Gasteiger partial charge in [-0.05, 0) is 84.3 Å². The molecule has 0 rings (SSSR count). The number of ether oxygens (including phenoxy) is 2. The number of carbonyl (C=O) groups excluding carboxylic acids is 2. The Bertz CT molecular complexity index is 821. The number of nitrogens with zero attached hydrogens (tertiary/aromatic N) is 1. The van der Waals surface area contributed by atoms with Crippen molar-refractivity contribution in [2.24, 2.45) is 11.8 Å². The highest BCUT2D eigenvalue weighted by molar-refractivity contribution is 5.72. The summed E-state index contributed by atoms with van der Waals surface area (Å²) in [5, 5.41) is 0. The zero-order chi connectivity index (χ0) is 40.3. The maximum Gasteiger partial charge on any atom is 0.308 e. The van der Waals surface area contributed by atoms with Gasteiger partial charge in [0.05, 0.1) is 25.0 Å². The summed E-state index contributed by atoms with van der Waals surface area (Å²) >= 11 is 0. The standard InChI is InChI=1S/C50H95NO4.CH4/c1-6-11-16-21-23-31-40-47(38-29-18-13-8-3)49(52)54-45-36-27-25-34-43-51(42-33-20-15-10-5)44-35-26-28-37-46-55-50(53)48(39-30-19-14-9-4)41-32-24-22-17-12-7-2;/h47-48H,6-9,11-14,16-46H2,1-5H3;1H4. The monoisotopic (exact) mass is 790 g/mol. The van der Waals surface area contributed by atoms with Gasteiger partial charge in [0.25, 0.3) is 0 Å². The molecule has 0 aromatic rings.